The van der Waals surface area contributed by atoms with Crippen molar-refractivity contribution < 1.29 is 4.74 Å². The Morgan fingerprint density at radius 1 is 1.10 bits per heavy atom. The van der Waals surface area contributed by atoms with Crippen LogP contribution in [0.15, 0.2) is 46.9 Å². The van der Waals surface area contributed by atoms with Gasteiger partial charge < -0.3 is 4.74 Å². The van der Waals surface area contributed by atoms with Gasteiger partial charge in [-0.2, -0.15) is 0 Å². The van der Waals surface area contributed by atoms with Gasteiger partial charge in [0.15, 0.2) is 5.82 Å². The maximum absolute atomic E-state index is 6.24. The molecule has 100 valence electrons. The first-order valence-corrected chi connectivity index (χ1v) is 7.12. The van der Waals surface area contributed by atoms with Crippen molar-refractivity contribution in [2.75, 3.05) is 7.11 Å². The molecule has 20 heavy (non-hydrogen) atoms. The number of benzene rings is 2. The lowest BCUT2D eigenvalue weighted by molar-refractivity contribution is 0.416. The van der Waals surface area contributed by atoms with Crippen LogP contribution in [0, 0.1) is 0 Å². The first-order valence-electron chi connectivity index (χ1n) is 5.95. The van der Waals surface area contributed by atoms with Gasteiger partial charge in [-0.3, -0.25) is 0 Å². The predicted octanol–water partition coefficient (Wildman–Crippen LogP) is 4.72. The molecular weight excluding hydrogens is 340 g/mol. The van der Waals surface area contributed by atoms with Gasteiger partial charge in [-0.05, 0) is 30.3 Å². The molecular formula is C15H10BrClN2O. The van der Waals surface area contributed by atoms with Crippen molar-refractivity contribution >= 4 is 38.4 Å². The van der Waals surface area contributed by atoms with Gasteiger partial charge in [-0.15, -0.1) is 0 Å². The Balaban J connectivity index is 2.27. The molecule has 0 atom stereocenters. The van der Waals surface area contributed by atoms with Gasteiger partial charge in [0.1, 0.15) is 10.9 Å². The Hall–Kier alpha value is -1.65. The van der Waals surface area contributed by atoms with Crippen molar-refractivity contribution in [2.24, 2.45) is 0 Å². The largest absolute Gasteiger partial charge is 0.496 e. The fourth-order valence-electron chi connectivity index (χ4n) is 2.01. The topological polar surface area (TPSA) is 35.0 Å². The van der Waals surface area contributed by atoms with Gasteiger partial charge >= 0.3 is 0 Å². The smallest absolute Gasteiger partial charge is 0.165 e. The molecule has 0 unspecified atom stereocenters. The van der Waals surface area contributed by atoms with E-state index in [9.17, 15) is 0 Å². The monoisotopic (exact) mass is 348 g/mol. The van der Waals surface area contributed by atoms with Crippen LogP contribution in [0.25, 0.3) is 22.3 Å². The number of aromatic nitrogens is 2. The Kier molecular flexibility index (Phi) is 3.59. The highest BCUT2D eigenvalue weighted by molar-refractivity contribution is 9.10. The number of hydrogen-bond acceptors (Lipinski definition) is 3. The Morgan fingerprint density at radius 2 is 1.90 bits per heavy atom. The number of rotatable bonds is 2. The molecule has 0 saturated heterocycles. The maximum Gasteiger partial charge on any atom is 0.165 e. The minimum atomic E-state index is 0.438. The average Bonchev–Trinajstić information content (AvgIpc) is 2.47. The molecule has 0 saturated carbocycles. The lowest BCUT2D eigenvalue weighted by atomic mass is 10.1. The van der Waals surface area contributed by atoms with E-state index in [1.165, 1.54) is 0 Å². The summed E-state index contributed by atoms with van der Waals surface area (Å²) >= 11 is 9.69. The van der Waals surface area contributed by atoms with Crippen molar-refractivity contribution in [3.8, 4) is 17.1 Å². The van der Waals surface area contributed by atoms with E-state index in [0.29, 0.717) is 16.7 Å². The van der Waals surface area contributed by atoms with E-state index in [0.717, 1.165) is 20.9 Å². The molecule has 3 nitrogen and oxygen atoms in total. The van der Waals surface area contributed by atoms with Crippen LogP contribution in [0.3, 0.4) is 0 Å². The third-order valence-electron chi connectivity index (χ3n) is 2.96. The Morgan fingerprint density at radius 3 is 2.70 bits per heavy atom. The first-order chi connectivity index (χ1) is 9.69. The first kappa shape index (κ1) is 13.3. The summed E-state index contributed by atoms with van der Waals surface area (Å²) in [5.41, 5.74) is 1.61. The highest BCUT2D eigenvalue weighted by atomic mass is 79.9. The summed E-state index contributed by atoms with van der Waals surface area (Å²) in [6, 6.07) is 13.3. The fraction of sp³-hybridized carbons (Fsp3) is 0.0667. The van der Waals surface area contributed by atoms with Crippen LogP contribution in [-0.4, -0.2) is 17.1 Å². The zero-order valence-corrected chi connectivity index (χ0v) is 12.9. The third-order valence-corrected chi connectivity index (χ3v) is 3.74. The van der Waals surface area contributed by atoms with Crippen molar-refractivity contribution in [3.05, 3.63) is 52.1 Å². The SMILES string of the molecule is COc1ccc(Br)cc1-c1nc(Cl)c2ccccc2n1. The molecule has 0 aliphatic heterocycles. The highest BCUT2D eigenvalue weighted by Gasteiger charge is 2.12. The van der Waals surface area contributed by atoms with E-state index in [1.54, 1.807) is 7.11 Å². The highest BCUT2D eigenvalue weighted by Crippen LogP contribution is 2.32. The Labute approximate surface area is 129 Å². The summed E-state index contributed by atoms with van der Waals surface area (Å²) in [6.45, 7) is 0. The van der Waals surface area contributed by atoms with E-state index in [-0.39, 0.29) is 0 Å². The molecule has 3 rings (SSSR count). The summed E-state index contributed by atoms with van der Waals surface area (Å²) in [5, 5.41) is 1.28. The second kappa shape index (κ2) is 5.38. The molecule has 0 bridgehead atoms. The van der Waals surface area contributed by atoms with Crippen LogP contribution in [0.2, 0.25) is 5.15 Å². The summed E-state index contributed by atoms with van der Waals surface area (Å²) in [7, 11) is 1.62. The summed E-state index contributed by atoms with van der Waals surface area (Å²) < 4.78 is 6.29. The second-order valence-corrected chi connectivity index (χ2v) is 5.47. The summed E-state index contributed by atoms with van der Waals surface area (Å²) in [5.74, 6) is 1.26. The molecule has 0 aliphatic rings. The quantitative estimate of drug-likeness (QED) is 0.628. The molecule has 0 N–H and O–H groups in total. The fourth-order valence-corrected chi connectivity index (χ4v) is 2.61. The number of methoxy groups -OCH3 is 1. The van der Waals surface area contributed by atoms with E-state index in [2.05, 4.69) is 25.9 Å². The molecule has 1 heterocycles. The van der Waals surface area contributed by atoms with Crippen LogP contribution in [0.1, 0.15) is 0 Å². The number of para-hydroxylation sites is 1. The molecule has 3 aromatic rings. The molecule has 0 spiro atoms. The van der Waals surface area contributed by atoms with Gasteiger partial charge in [-0.25, -0.2) is 9.97 Å². The predicted molar refractivity (Wildman–Crippen MR) is 84.2 cm³/mol. The van der Waals surface area contributed by atoms with E-state index < -0.39 is 0 Å². The van der Waals surface area contributed by atoms with Crippen LogP contribution < -0.4 is 4.74 Å². The number of fused-ring (bicyclic) bond motifs is 1. The van der Waals surface area contributed by atoms with E-state index in [4.69, 9.17) is 16.3 Å². The minimum absolute atomic E-state index is 0.438. The second-order valence-electron chi connectivity index (χ2n) is 4.20. The van der Waals surface area contributed by atoms with Gasteiger partial charge in [0.2, 0.25) is 0 Å². The molecule has 0 fully saturated rings. The Bertz CT molecular complexity index is 792. The van der Waals surface area contributed by atoms with E-state index in [1.807, 2.05) is 42.5 Å². The van der Waals surface area contributed by atoms with Crippen LogP contribution in [0.5, 0.6) is 5.75 Å². The number of hydrogen-bond donors (Lipinski definition) is 0. The zero-order valence-electron chi connectivity index (χ0n) is 10.6. The molecule has 0 radical (unpaired) electrons. The lowest BCUT2D eigenvalue weighted by Crippen LogP contribution is -1.95. The van der Waals surface area contributed by atoms with Crippen molar-refractivity contribution in [1.82, 2.24) is 9.97 Å². The zero-order chi connectivity index (χ0) is 14.1. The summed E-state index contributed by atoms with van der Waals surface area (Å²) in [4.78, 5) is 8.93. The van der Waals surface area contributed by atoms with E-state index >= 15 is 0 Å². The van der Waals surface area contributed by atoms with Crippen LogP contribution in [-0.2, 0) is 0 Å². The van der Waals surface area contributed by atoms with Crippen molar-refractivity contribution in [2.45, 2.75) is 0 Å². The van der Waals surface area contributed by atoms with Gasteiger partial charge in [-0.1, -0.05) is 39.7 Å². The van der Waals surface area contributed by atoms with Gasteiger partial charge in [0.05, 0.1) is 18.2 Å². The van der Waals surface area contributed by atoms with Gasteiger partial charge in [0, 0.05) is 9.86 Å². The van der Waals surface area contributed by atoms with Crippen LogP contribution >= 0.6 is 27.5 Å². The van der Waals surface area contributed by atoms with Crippen LogP contribution in [0.4, 0.5) is 0 Å². The molecule has 5 heteroatoms. The molecule has 0 amide bonds. The normalized spacial score (nSPS) is 10.8. The maximum atomic E-state index is 6.24. The number of ether oxygens (including phenoxy) is 1. The van der Waals surface area contributed by atoms with Crippen molar-refractivity contribution in [1.29, 1.82) is 0 Å². The minimum Gasteiger partial charge on any atom is -0.496 e. The average molecular weight is 350 g/mol. The standard InChI is InChI=1S/C15H10BrClN2O/c1-20-13-7-6-9(16)8-11(13)15-18-12-5-3-2-4-10(12)14(17)19-15/h2-8H,1H3. The molecule has 0 aliphatic carbocycles. The number of nitrogens with zero attached hydrogens (tertiary/aromatic N) is 2. The lowest BCUT2D eigenvalue weighted by Gasteiger charge is -2.09. The molecule has 2 aromatic carbocycles. The third kappa shape index (κ3) is 2.37. The van der Waals surface area contributed by atoms with Gasteiger partial charge in [0.25, 0.3) is 0 Å². The number of halogens is 2. The summed E-state index contributed by atoms with van der Waals surface area (Å²) in [6.07, 6.45) is 0. The van der Waals surface area contributed by atoms with Crippen molar-refractivity contribution in [3.63, 3.8) is 0 Å². The molecule has 1 aromatic heterocycles.